The molecule has 3 aromatic rings. The van der Waals surface area contributed by atoms with Crippen LogP contribution in [0.15, 0.2) is 47.7 Å². The molecule has 0 unspecified atom stereocenters. The molecule has 9 heteroatoms. The number of aliphatic hydroxyl groups is 1. The fraction of sp³-hybridized carbons (Fsp3) is 0.321. The molecular weight excluding hydrogens is 468 g/mol. The van der Waals surface area contributed by atoms with Crippen LogP contribution in [0.5, 0.6) is 5.75 Å². The lowest BCUT2D eigenvalue weighted by molar-refractivity contribution is 0.0966. The van der Waals surface area contributed by atoms with Crippen molar-refractivity contribution in [1.82, 2.24) is 14.9 Å². The Morgan fingerprint density at radius 3 is 2.78 bits per heavy atom. The second-order valence-electron chi connectivity index (χ2n) is 9.31. The molecule has 0 spiro atoms. The van der Waals surface area contributed by atoms with E-state index in [-0.39, 0.29) is 12.0 Å². The number of carbonyl (C=O) groups excluding carboxylic acids is 1. The zero-order valence-corrected chi connectivity index (χ0v) is 21.4. The van der Waals surface area contributed by atoms with E-state index >= 15 is 0 Å². The van der Waals surface area contributed by atoms with Gasteiger partial charge in [-0.05, 0) is 55.3 Å². The van der Waals surface area contributed by atoms with E-state index in [1.54, 1.807) is 13.3 Å². The number of methoxy groups -OCH3 is 1. The smallest absolute Gasteiger partial charge is 0.254 e. The molecule has 2 aromatic heterocycles. The number of aromatic nitrogens is 2. The molecule has 192 valence electrons. The lowest BCUT2D eigenvalue weighted by atomic mass is 9.91. The Kier molecular flexibility index (Phi) is 6.71. The third kappa shape index (κ3) is 4.46. The number of piperidine rings is 1. The number of nitrogens with zero attached hydrogens (tertiary/aromatic N) is 4. The maximum atomic E-state index is 13.0. The topological polar surface area (TPSA) is 104 Å². The number of rotatable bonds is 7. The lowest BCUT2D eigenvalue weighted by Gasteiger charge is -2.31. The molecule has 0 atom stereocenters. The van der Waals surface area contributed by atoms with Crippen molar-refractivity contribution >= 4 is 41.2 Å². The van der Waals surface area contributed by atoms with Crippen molar-refractivity contribution in [2.24, 2.45) is 12.0 Å². The largest absolute Gasteiger partial charge is 0.493 e. The first-order chi connectivity index (χ1) is 17.9. The summed E-state index contributed by atoms with van der Waals surface area (Å²) in [5.41, 5.74) is 6.06. The van der Waals surface area contributed by atoms with Gasteiger partial charge in [0.05, 0.1) is 36.3 Å². The first-order valence-corrected chi connectivity index (χ1v) is 12.4. The monoisotopic (exact) mass is 500 g/mol. The molecule has 3 N–H and O–H groups in total. The van der Waals surface area contributed by atoms with Crippen LogP contribution in [0.1, 0.15) is 46.8 Å². The van der Waals surface area contributed by atoms with Crippen LogP contribution < -0.4 is 20.3 Å². The van der Waals surface area contributed by atoms with E-state index in [1.807, 2.05) is 55.1 Å². The third-order valence-corrected chi connectivity index (χ3v) is 7.17. The van der Waals surface area contributed by atoms with Gasteiger partial charge in [-0.2, -0.15) is 0 Å². The Hall–Kier alpha value is -4.11. The molecule has 0 bridgehead atoms. The van der Waals surface area contributed by atoms with Gasteiger partial charge in [0.1, 0.15) is 5.82 Å². The fourth-order valence-corrected chi connectivity index (χ4v) is 5.20. The van der Waals surface area contributed by atoms with E-state index in [1.165, 1.54) is 0 Å². The summed E-state index contributed by atoms with van der Waals surface area (Å²) < 4.78 is 7.58. The summed E-state index contributed by atoms with van der Waals surface area (Å²) in [7, 11) is 3.54. The summed E-state index contributed by atoms with van der Waals surface area (Å²) in [5.74, 6) is 1.76. The molecule has 4 heterocycles. The van der Waals surface area contributed by atoms with Crippen LogP contribution in [0, 0.1) is 0 Å². The van der Waals surface area contributed by atoms with E-state index < -0.39 is 0 Å². The molecule has 1 amide bonds. The van der Waals surface area contributed by atoms with E-state index in [9.17, 15) is 9.90 Å². The zero-order chi connectivity index (χ0) is 26.1. The Balaban J connectivity index is 1.49. The summed E-state index contributed by atoms with van der Waals surface area (Å²) >= 11 is 0. The van der Waals surface area contributed by atoms with Crippen LogP contribution in [-0.2, 0) is 13.6 Å². The van der Waals surface area contributed by atoms with Gasteiger partial charge < -0.3 is 29.9 Å². The molecule has 2 aliphatic rings. The summed E-state index contributed by atoms with van der Waals surface area (Å²) in [6, 6.07) is 7.89. The van der Waals surface area contributed by atoms with Gasteiger partial charge in [0.2, 0.25) is 0 Å². The molecule has 1 fully saturated rings. The van der Waals surface area contributed by atoms with Gasteiger partial charge in [-0.1, -0.05) is 12.1 Å². The number of fused-ring (bicyclic) bond motifs is 1. The van der Waals surface area contributed by atoms with Crippen LogP contribution in [0.2, 0.25) is 0 Å². The van der Waals surface area contributed by atoms with E-state index in [2.05, 4.69) is 32.2 Å². The van der Waals surface area contributed by atoms with Crippen molar-refractivity contribution in [2.45, 2.75) is 32.4 Å². The lowest BCUT2D eigenvalue weighted by Crippen LogP contribution is -2.35. The number of anilines is 3. The van der Waals surface area contributed by atoms with Crippen molar-refractivity contribution in [2.75, 3.05) is 30.4 Å². The molecular formula is C28H32N6O3. The van der Waals surface area contributed by atoms with Gasteiger partial charge in [0.25, 0.3) is 5.91 Å². The van der Waals surface area contributed by atoms with Gasteiger partial charge in [0, 0.05) is 44.5 Å². The number of benzene rings is 1. The van der Waals surface area contributed by atoms with Gasteiger partial charge in [0.15, 0.2) is 11.6 Å². The molecule has 1 aromatic carbocycles. The number of aliphatic hydroxyl groups excluding tert-OH is 1. The highest BCUT2D eigenvalue weighted by Crippen LogP contribution is 2.39. The first-order valence-electron chi connectivity index (χ1n) is 12.4. The number of nitrogens with one attached hydrogen (secondary N) is 2. The number of ether oxygens (including phenoxy) is 1. The van der Waals surface area contributed by atoms with Gasteiger partial charge in [-0.3, -0.25) is 4.79 Å². The zero-order valence-electron chi connectivity index (χ0n) is 21.4. The van der Waals surface area contributed by atoms with Crippen molar-refractivity contribution in [3.63, 3.8) is 0 Å². The van der Waals surface area contributed by atoms with Crippen LogP contribution in [-0.4, -0.2) is 53.6 Å². The van der Waals surface area contributed by atoms with Crippen LogP contribution in [0.3, 0.4) is 0 Å². The Labute approximate surface area is 216 Å². The predicted octanol–water partition coefficient (Wildman–Crippen LogP) is 4.16. The minimum absolute atomic E-state index is 0.132. The van der Waals surface area contributed by atoms with Crippen LogP contribution >= 0.6 is 0 Å². The van der Waals surface area contributed by atoms with E-state index in [0.29, 0.717) is 29.4 Å². The van der Waals surface area contributed by atoms with E-state index in [0.717, 1.165) is 59.7 Å². The summed E-state index contributed by atoms with van der Waals surface area (Å²) in [5, 5.41) is 16.1. The van der Waals surface area contributed by atoms with Gasteiger partial charge in [-0.15, -0.1) is 0 Å². The third-order valence-electron chi connectivity index (χ3n) is 7.17. The number of amides is 1. The Morgan fingerprint density at radius 1 is 1.30 bits per heavy atom. The van der Waals surface area contributed by atoms with Crippen molar-refractivity contribution < 1.29 is 14.6 Å². The molecule has 37 heavy (non-hydrogen) atoms. The second-order valence-corrected chi connectivity index (χ2v) is 9.31. The predicted molar refractivity (Wildman–Crippen MR) is 147 cm³/mol. The van der Waals surface area contributed by atoms with Crippen LogP contribution in [0.25, 0.3) is 5.57 Å². The van der Waals surface area contributed by atoms with E-state index in [4.69, 9.17) is 4.74 Å². The quantitative estimate of drug-likeness (QED) is 0.421. The molecule has 1 saturated heterocycles. The standard InChI is InChI=1S/C28H32N6O3/c1-5-19(21-10-11-33(3)27(21)29-2)20-6-7-23(25-22(20)16-31-28(25)36)32-26-24(37-4)14-17(15-30-26)34-12-8-18(35)9-13-34/h5-7,10-11,14-15,18,35H,2,8-9,12-13,16H2,1,3-4H3,(H,30,32)(H,31,36)/b19-5-. The highest BCUT2D eigenvalue weighted by molar-refractivity contribution is 6.06. The SMILES string of the molecule is C=Nc1c(/C(=C\C)c2ccc(Nc3ncc(N4CCC(O)CC4)cc3OC)c3c2CNC3=O)ccn1C. The Bertz CT molecular complexity index is 1380. The van der Waals surface area contributed by atoms with Crippen molar-refractivity contribution in [3.05, 3.63) is 65.0 Å². The maximum absolute atomic E-state index is 13.0. The fourth-order valence-electron chi connectivity index (χ4n) is 5.20. The molecule has 9 nitrogen and oxygen atoms in total. The summed E-state index contributed by atoms with van der Waals surface area (Å²) in [6.07, 6.45) is 7.02. The highest BCUT2D eigenvalue weighted by atomic mass is 16.5. The number of carbonyl (C=O) groups is 1. The molecule has 5 rings (SSSR count). The average molecular weight is 501 g/mol. The van der Waals surface area contributed by atoms with Crippen LogP contribution in [0.4, 0.5) is 23.0 Å². The second kappa shape index (κ2) is 10.1. The van der Waals surface area contributed by atoms with Crippen molar-refractivity contribution in [3.8, 4) is 5.75 Å². The number of hydrogen-bond donors (Lipinski definition) is 3. The Morgan fingerprint density at radius 2 is 2.08 bits per heavy atom. The summed E-state index contributed by atoms with van der Waals surface area (Å²) in [4.78, 5) is 24.0. The number of aliphatic imine (C=N–C) groups is 1. The number of allylic oxidation sites excluding steroid dienone is 1. The first kappa shape index (κ1) is 24.6. The molecule has 2 aliphatic heterocycles. The minimum atomic E-state index is -0.243. The number of aryl methyl sites for hydroxylation is 1. The van der Waals surface area contributed by atoms with Crippen molar-refractivity contribution in [1.29, 1.82) is 0 Å². The molecule has 0 radical (unpaired) electrons. The van der Waals surface area contributed by atoms with Gasteiger partial charge >= 0.3 is 0 Å². The average Bonchev–Trinajstić information content (AvgIpc) is 3.49. The normalized spacial score (nSPS) is 15.9. The number of hydrogen-bond acceptors (Lipinski definition) is 7. The minimum Gasteiger partial charge on any atom is -0.493 e. The summed E-state index contributed by atoms with van der Waals surface area (Å²) in [6.45, 7) is 7.69. The number of pyridine rings is 1. The highest BCUT2D eigenvalue weighted by Gasteiger charge is 2.28. The van der Waals surface area contributed by atoms with Gasteiger partial charge in [-0.25, -0.2) is 9.98 Å². The molecule has 0 saturated carbocycles. The molecule has 0 aliphatic carbocycles. The maximum Gasteiger partial charge on any atom is 0.254 e.